The first-order valence-corrected chi connectivity index (χ1v) is 9.15. The summed E-state index contributed by atoms with van der Waals surface area (Å²) in [4.78, 5) is 12.8. The number of anilines is 1. The Morgan fingerprint density at radius 3 is 2.74 bits per heavy atom. The van der Waals surface area contributed by atoms with Crippen molar-refractivity contribution in [3.05, 3.63) is 65.4 Å². The normalized spacial score (nSPS) is 11.0. The summed E-state index contributed by atoms with van der Waals surface area (Å²) in [6.45, 7) is 1.96. The lowest BCUT2D eigenvalue weighted by atomic mass is 10.1. The van der Waals surface area contributed by atoms with Gasteiger partial charge in [0.25, 0.3) is 5.91 Å². The second-order valence-electron chi connectivity index (χ2n) is 6.51. The Bertz CT molecular complexity index is 1240. The van der Waals surface area contributed by atoms with Gasteiger partial charge >= 0.3 is 0 Å². The number of nitrogens with two attached hydrogens (primary N) is 1. The highest BCUT2D eigenvalue weighted by molar-refractivity contribution is 5.98. The van der Waals surface area contributed by atoms with Gasteiger partial charge in [-0.2, -0.15) is 9.78 Å². The fourth-order valence-electron chi connectivity index (χ4n) is 2.83. The number of nitrogens with one attached hydrogen (secondary N) is 1. The Hall–Kier alpha value is -4.54. The first-order valence-electron chi connectivity index (χ1n) is 9.15. The molecule has 0 saturated heterocycles. The Kier molecular flexibility index (Phi) is 5.39. The van der Waals surface area contributed by atoms with Crippen molar-refractivity contribution >= 4 is 17.9 Å². The summed E-state index contributed by atoms with van der Waals surface area (Å²) < 4.78 is 11.1. The van der Waals surface area contributed by atoms with Crippen LogP contribution in [0.5, 0.6) is 5.75 Å². The van der Waals surface area contributed by atoms with Crippen LogP contribution >= 0.6 is 0 Å². The fraction of sp³-hybridized carbons (Fsp3) is 0.100. The van der Waals surface area contributed by atoms with Crippen LogP contribution in [0.2, 0.25) is 0 Å². The quantitative estimate of drug-likeness (QED) is 0.357. The van der Waals surface area contributed by atoms with Gasteiger partial charge in [0.1, 0.15) is 11.4 Å². The standard InChI is InChI=1S/C20H18N8O3/c1-12-6-8-14(9-7-12)17-16(23-27-28(17)19-18(21)25-31-26-19)20(29)24-22-11-13-4-3-5-15(10-13)30-2/h3-11H,1-2H3,(H2,21,25)(H,24,29)/b22-11-. The number of carbonyl (C=O) groups excluding carboxylic acids is 1. The maximum Gasteiger partial charge on any atom is 0.294 e. The lowest BCUT2D eigenvalue weighted by Gasteiger charge is -2.06. The van der Waals surface area contributed by atoms with Gasteiger partial charge in [-0.15, -0.1) is 5.10 Å². The molecule has 3 N–H and O–H groups in total. The molecule has 0 bridgehead atoms. The summed E-state index contributed by atoms with van der Waals surface area (Å²) in [6.07, 6.45) is 1.50. The fourth-order valence-corrected chi connectivity index (χ4v) is 2.83. The largest absolute Gasteiger partial charge is 0.497 e. The van der Waals surface area contributed by atoms with E-state index in [1.807, 2.05) is 49.4 Å². The van der Waals surface area contributed by atoms with Crippen LogP contribution < -0.4 is 15.9 Å². The van der Waals surface area contributed by atoms with E-state index in [4.69, 9.17) is 10.5 Å². The molecule has 11 heteroatoms. The molecule has 11 nitrogen and oxygen atoms in total. The van der Waals surface area contributed by atoms with Gasteiger partial charge in [-0.25, -0.2) is 10.1 Å². The Labute approximate surface area is 176 Å². The van der Waals surface area contributed by atoms with Gasteiger partial charge in [-0.1, -0.05) is 47.2 Å². The van der Waals surface area contributed by atoms with Crippen LogP contribution in [0.4, 0.5) is 5.82 Å². The van der Waals surface area contributed by atoms with Crippen molar-refractivity contribution in [1.82, 2.24) is 30.7 Å². The predicted octanol–water partition coefficient (Wildman–Crippen LogP) is 1.98. The van der Waals surface area contributed by atoms with Crippen LogP contribution in [0, 0.1) is 6.92 Å². The number of hydrogen-bond acceptors (Lipinski definition) is 9. The third-order valence-electron chi connectivity index (χ3n) is 4.38. The molecule has 1 amide bonds. The summed E-state index contributed by atoms with van der Waals surface area (Å²) in [5.41, 5.74) is 11.2. The molecule has 31 heavy (non-hydrogen) atoms. The molecule has 0 unspecified atom stereocenters. The number of aryl methyl sites for hydroxylation is 1. The number of carbonyl (C=O) groups is 1. The van der Waals surface area contributed by atoms with Crippen molar-refractivity contribution in [3.8, 4) is 22.8 Å². The number of ether oxygens (including phenoxy) is 1. The van der Waals surface area contributed by atoms with Crippen LogP contribution in [0.15, 0.2) is 58.3 Å². The van der Waals surface area contributed by atoms with Gasteiger partial charge in [-0.05, 0) is 34.9 Å². The van der Waals surface area contributed by atoms with Crippen LogP contribution in [0.1, 0.15) is 21.6 Å². The lowest BCUT2D eigenvalue weighted by Crippen LogP contribution is -2.19. The van der Waals surface area contributed by atoms with Gasteiger partial charge in [0.15, 0.2) is 5.69 Å². The summed E-state index contributed by atoms with van der Waals surface area (Å²) >= 11 is 0. The molecule has 2 heterocycles. The number of hydrogen-bond donors (Lipinski definition) is 2. The van der Waals surface area contributed by atoms with E-state index >= 15 is 0 Å². The van der Waals surface area contributed by atoms with Gasteiger partial charge in [-0.3, -0.25) is 4.79 Å². The zero-order valence-electron chi connectivity index (χ0n) is 16.7. The zero-order chi connectivity index (χ0) is 21.8. The number of nitrogens with zero attached hydrogens (tertiary/aromatic N) is 6. The molecule has 0 atom stereocenters. The van der Waals surface area contributed by atoms with E-state index in [1.54, 1.807) is 13.2 Å². The summed E-state index contributed by atoms with van der Waals surface area (Å²) in [6, 6.07) is 14.7. The molecule has 0 spiro atoms. The van der Waals surface area contributed by atoms with Crippen LogP contribution in [-0.2, 0) is 0 Å². The number of hydrazone groups is 1. The van der Waals surface area contributed by atoms with E-state index in [2.05, 4.69) is 35.8 Å². The van der Waals surface area contributed by atoms with Crippen molar-refractivity contribution in [2.45, 2.75) is 6.92 Å². The summed E-state index contributed by atoms with van der Waals surface area (Å²) in [5, 5.41) is 19.4. The SMILES string of the molecule is COc1cccc(/C=N\NC(=O)c2nnn(-c3nonc3N)c2-c2ccc(C)cc2)c1. The second kappa shape index (κ2) is 8.45. The van der Waals surface area contributed by atoms with Crippen molar-refractivity contribution in [3.63, 3.8) is 0 Å². The highest BCUT2D eigenvalue weighted by Crippen LogP contribution is 2.26. The van der Waals surface area contributed by atoms with E-state index in [0.29, 0.717) is 17.0 Å². The highest BCUT2D eigenvalue weighted by atomic mass is 16.6. The molecule has 0 aliphatic rings. The third kappa shape index (κ3) is 4.10. The minimum absolute atomic E-state index is 0.0151. The van der Waals surface area contributed by atoms with E-state index in [0.717, 1.165) is 11.1 Å². The van der Waals surface area contributed by atoms with Gasteiger partial charge in [0, 0.05) is 5.56 Å². The maximum atomic E-state index is 12.8. The zero-order valence-corrected chi connectivity index (χ0v) is 16.7. The van der Waals surface area contributed by atoms with E-state index in [9.17, 15) is 4.79 Å². The monoisotopic (exact) mass is 418 g/mol. The molecule has 0 radical (unpaired) electrons. The topological polar surface area (TPSA) is 146 Å². The Morgan fingerprint density at radius 1 is 1.23 bits per heavy atom. The number of aromatic nitrogens is 5. The molecule has 0 aliphatic heterocycles. The van der Waals surface area contributed by atoms with Crippen molar-refractivity contribution < 1.29 is 14.2 Å². The predicted molar refractivity (Wildman–Crippen MR) is 112 cm³/mol. The van der Waals surface area contributed by atoms with Gasteiger partial charge in [0.05, 0.1) is 13.3 Å². The van der Waals surface area contributed by atoms with Crippen LogP contribution in [0.25, 0.3) is 17.1 Å². The summed E-state index contributed by atoms with van der Waals surface area (Å²) in [7, 11) is 1.57. The first kappa shape index (κ1) is 19.8. The minimum Gasteiger partial charge on any atom is -0.497 e. The average molecular weight is 418 g/mol. The van der Waals surface area contributed by atoms with Crippen molar-refractivity contribution in [2.75, 3.05) is 12.8 Å². The van der Waals surface area contributed by atoms with Crippen LogP contribution in [-0.4, -0.2) is 44.5 Å². The number of methoxy groups -OCH3 is 1. The molecule has 4 aromatic rings. The molecule has 0 aliphatic carbocycles. The molecular formula is C20H18N8O3. The van der Waals surface area contributed by atoms with Gasteiger partial charge in [0.2, 0.25) is 11.6 Å². The molecule has 0 fully saturated rings. The smallest absolute Gasteiger partial charge is 0.294 e. The Morgan fingerprint density at radius 2 is 2.03 bits per heavy atom. The Balaban J connectivity index is 1.66. The van der Waals surface area contributed by atoms with E-state index in [-0.39, 0.29) is 17.3 Å². The van der Waals surface area contributed by atoms with Crippen LogP contribution in [0.3, 0.4) is 0 Å². The molecule has 4 rings (SSSR count). The van der Waals surface area contributed by atoms with E-state index in [1.165, 1.54) is 10.9 Å². The highest BCUT2D eigenvalue weighted by Gasteiger charge is 2.25. The lowest BCUT2D eigenvalue weighted by molar-refractivity contribution is 0.0950. The minimum atomic E-state index is -0.559. The number of amides is 1. The third-order valence-corrected chi connectivity index (χ3v) is 4.38. The van der Waals surface area contributed by atoms with Crippen molar-refractivity contribution in [1.29, 1.82) is 0 Å². The molecular weight excluding hydrogens is 400 g/mol. The maximum absolute atomic E-state index is 12.8. The summed E-state index contributed by atoms with van der Waals surface area (Å²) in [5.74, 6) is 0.262. The number of rotatable bonds is 6. The molecule has 156 valence electrons. The van der Waals surface area contributed by atoms with Gasteiger partial charge < -0.3 is 10.5 Å². The second-order valence-corrected chi connectivity index (χ2v) is 6.51. The molecule has 0 saturated carbocycles. The number of benzene rings is 2. The molecule has 2 aromatic carbocycles. The van der Waals surface area contributed by atoms with E-state index < -0.39 is 5.91 Å². The molecule has 2 aromatic heterocycles. The average Bonchev–Trinajstić information content (AvgIpc) is 3.40. The van der Waals surface area contributed by atoms with Crippen molar-refractivity contribution in [2.24, 2.45) is 5.10 Å². The first-order chi connectivity index (χ1) is 15.1. The number of nitrogen functional groups attached to an aromatic ring is 1.